The molecule has 28 heavy (non-hydrogen) atoms. The Morgan fingerprint density at radius 3 is 2.68 bits per heavy atom. The molecule has 7 nitrogen and oxygen atoms in total. The maximum Gasteiger partial charge on any atom is 0.224 e. The maximum absolute atomic E-state index is 13.0. The molecule has 1 aliphatic rings. The van der Waals surface area contributed by atoms with Gasteiger partial charge in [-0.05, 0) is 42.7 Å². The van der Waals surface area contributed by atoms with Crippen molar-refractivity contribution in [1.29, 1.82) is 0 Å². The van der Waals surface area contributed by atoms with Crippen LogP contribution in [-0.4, -0.2) is 28.7 Å². The number of anilines is 3. The summed E-state index contributed by atoms with van der Waals surface area (Å²) in [6.45, 7) is 0.344. The number of aryl methyl sites for hydroxylation is 1. The molecule has 0 fully saturated rings. The number of hydrogen-bond acceptors (Lipinski definition) is 5. The maximum atomic E-state index is 13.0. The van der Waals surface area contributed by atoms with Crippen molar-refractivity contribution in [2.45, 2.75) is 24.2 Å². The SMILES string of the molecule is O=C1CCc2cc([S+](=O)([O-])Nc3ccc(Cl)c(Cl)c3)c(NCCCO)cc2N1. The van der Waals surface area contributed by atoms with Crippen molar-refractivity contribution in [2.75, 3.05) is 28.5 Å². The van der Waals surface area contributed by atoms with E-state index in [0.717, 1.165) is 5.56 Å². The first-order valence-corrected chi connectivity index (χ1v) is 10.8. The summed E-state index contributed by atoms with van der Waals surface area (Å²) in [7, 11) is -3.95. The fourth-order valence-corrected chi connectivity index (χ4v) is 4.40. The molecule has 150 valence electrons. The lowest BCUT2D eigenvalue weighted by molar-refractivity contribution is -0.116. The number of aliphatic hydroxyl groups excluding tert-OH is 1. The normalized spacial score (nSPS) is 15.4. The lowest BCUT2D eigenvalue weighted by Gasteiger charge is -2.23. The van der Waals surface area contributed by atoms with Crippen LogP contribution in [0.25, 0.3) is 0 Å². The van der Waals surface area contributed by atoms with Crippen LogP contribution >= 0.6 is 23.2 Å². The summed E-state index contributed by atoms with van der Waals surface area (Å²) in [5.41, 5.74) is 1.93. The number of aliphatic hydroxyl groups is 1. The van der Waals surface area contributed by atoms with Crippen LogP contribution in [0.5, 0.6) is 0 Å². The zero-order chi connectivity index (χ0) is 20.3. The van der Waals surface area contributed by atoms with E-state index < -0.39 is 10.4 Å². The smallest absolute Gasteiger partial charge is 0.224 e. The van der Waals surface area contributed by atoms with Gasteiger partial charge in [0.05, 0.1) is 21.4 Å². The zero-order valence-corrected chi connectivity index (χ0v) is 17.1. The van der Waals surface area contributed by atoms with Gasteiger partial charge in [0, 0.05) is 31.3 Å². The zero-order valence-electron chi connectivity index (χ0n) is 14.8. The van der Waals surface area contributed by atoms with Gasteiger partial charge in [-0.2, -0.15) is 0 Å². The van der Waals surface area contributed by atoms with Crippen molar-refractivity contribution >= 4 is 56.6 Å². The van der Waals surface area contributed by atoms with Gasteiger partial charge in [0.1, 0.15) is 0 Å². The molecule has 0 bridgehead atoms. The predicted molar refractivity (Wildman–Crippen MR) is 111 cm³/mol. The Morgan fingerprint density at radius 2 is 1.96 bits per heavy atom. The first-order valence-electron chi connectivity index (χ1n) is 8.59. The molecule has 1 amide bonds. The van der Waals surface area contributed by atoms with Crippen molar-refractivity contribution in [3.8, 4) is 0 Å². The molecule has 0 aromatic heterocycles. The second kappa shape index (κ2) is 8.67. The van der Waals surface area contributed by atoms with E-state index in [1.807, 2.05) is 0 Å². The molecule has 0 aliphatic carbocycles. The number of carbonyl (C=O) groups excluding carboxylic acids is 1. The predicted octanol–water partition coefficient (Wildman–Crippen LogP) is 3.69. The van der Waals surface area contributed by atoms with Gasteiger partial charge in [-0.1, -0.05) is 27.4 Å². The van der Waals surface area contributed by atoms with Crippen molar-refractivity contribution in [3.05, 3.63) is 45.9 Å². The Kier molecular flexibility index (Phi) is 6.47. The van der Waals surface area contributed by atoms with Crippen LogP contribution in [0.3, 0.4) is 0 Å². The summed E-state index contributed by atoms with van der Waals surface area (Å²) in [5, 5.41) is 15.3. The molecule has 1 unspecified atom stereocenters. The first kappa shape index (κ1) is 20.9. The monoisotopic (exact) mass is 443 g/mol. The molecule has 0 radical (unpaired) electrons. The van der Waals surface area contributed by atoms with Crippen LogP contribution in [-0.2, 0) is 25.8 Å². The number of nitrogens with one attached hydrogen (secondary N) is 3. The van der Waals surface area contributed by atoms with Gasteiger partial charge < -0.3 is 20.3 Å². The third-order valence-corrected chi connectivity index (χ3v) is 6.37. The van der Waals surface area contributed by atoms with E-state index in [4.69, 9.17) is 28.3 Å². The van der Waals surface area contributed by atoms with Crippen LogP contribution in [0.15, 0.2) is 35.2 Å². The third kappa shape index (κ3) is 4.76. The topological polar surface area (TPSA) is 114 Å². The number of rotatable bonds is 7. The largest absolute Gasteiger partial charge is 0.588 e. The number of hydrogen-bond donors (Lipinski definition) is 4. The van der Waals surface area contributed by atoms with Gasteiger partial charge in [-0.15, -0.1) is 0 Å². The molecule has 2 aromatic rings. The van der Waals surface area contributed by atoms with Crippen molar-refractivity contribution in [1.82, 2.24) is 0 Å². The molecule has 1 atom stereocenters. The fraction of sp³-hybridized carbons (Fsp3) is 0.278. The highest BCUT2D eigenvalue weighted by molar-refractivity contribution is 7.99. The summed E-state index contributed by atoms with van der Waals surface area (Å²) >= 11 is 11.9. The lowest BCUT2D eigenvalue weighted by atomic mass is 10.0. The van der Waals surface area contributed by atoms with Gasteiger partial charge in [-0.3, -0.25) is 4.79 Å². The quantitative estimate of drug-likeness (QED) is 0.384. The minimum atomic E-state index is -3.95. The molecular formula is C18H19Cl2N3O4S. The van der Waals surface area contributed by atoms with Crippen LogP contribution in [0.1, 0.15) is 18.4 Å². The van der Waals surface area contributed by atoms with E-state index >= 15 is 0 Å². The van der Waals surface area contributed by atoms with Crippen molar-refractivity contribution in [3.63, 3.8) is 0 Å². The second-order valence-corrected chi connectivity index (χ2v) is 8.76. The van der Waals surface area contributed by atoms with Crippen LogP contribution in [0.2, 0.25) is 10.0 Å². The summed E-state index contributed by atoms with van der Waals surface area (Å²) < 4.78 is 28.6. The van der Waals surface area contributed by atoms with Crippen molar-refractivity contribution < 1.29 is 18.7 Å². The molecule has 3 rings (SSSR count). The molecule has 10 heteroatoms. The first-order chi connectivity index (χ1) is 13.3. The van der Waals surface area contributed by atoms with Gasteiger partial charge >= 0.3 is 0 Å². The Hall–Kier alpha value is -1.84. The molecule has 0 saturated heterocycles. The highest BCUT2D eigenvalue weighted by Crippen LogP contribution is 2.35. The number of carbonyl (C=O) groups is 1. The van der Waals surface area contributed by atoms with E-state index in [9.17, 15) is 13.6 Å². The van der Waals surface area contributed by atoms with Gasteiger partial charge in [0.15, 0.2) is 10.4 Å². The lowest BCUT2D eigenvalue weighted by Crippen LogP contribution is -2.25. The fourth-order valence-electron chi connectivity index (χ4n) is 2.84. The number of benzene rings is 2. The highest BCUT2D eigenvalue weighted by Gasteiger charge is 2.28. The van der Waals surface area contributed by atoms with E-state index in [2.05, 4.69) is 15.4 Å². The standard InChI is InChI=1S/C18H19Cl2N3O4S/c19-13-4-3-12(9-14(13)20)23-28(26,27)17-8-11-2-5-18(25)22-15(11)10-16(17)21-6-1-7-24/h3-4,8-10,24H,1-2,5-7H2,(H3-,21,22,23,25,26,27). The molecule has 0 saturated carbocycles. The minimum Gasteiger partial charge on any atom is -0.588 e. The Bertz CT molecular complexity index is 955. The Balaban J connectivity index is 1.97. The molecule has 4 N–H and O–H groups in total. The Morgan fingerprint density at radius 1 is 1.18 bits per heavy atom. The summed E-state index contributed by atoms with van der Waals surface area (Å²) in [4.78, 5) is 11.7. The highest BCUT2D eigenvalue weighted by atomic mass is 35.5. The molecule has 1 aliphatic heterocycles. The van der Waals surface area contributed by atoms with E-state index in [1.54, 1.807) is 12.1 Å². The van der Waals surface area contributed by atoms with Crippen LogP contribution in [0.4, 0.5) is 17.1 Å². The van der Waals surface area contributed by atoms with Crippen LogP contribution in [0, 0.1) is 0 Å². The average molecular weight is 444 g/mol. The minimum absolute atomic E-state index is 0.0295. The number of amides is 1. The van der Waals surface area contributed by atoms with E-state index in [1.165, 1.54) is 18.2 Å². The summed E-state index contributed by atoms with van der Waals surface area (Å²) in [6, 6.07) is 7.61. The molecule has 2 aromatic carbocycles. The Labute approximate surface area is 173 Å². The number of halogens is 2. The average Bonchev–Trinajstić information content (AvgIpc) is 2.64. The third-order valence-electron chi connectivity index (χ3n) is 4.21. The van der Waals surface area contributed by atoms with Crippen LogP contribution < -0.4 is 15.4 Å². The second-order valence-electron chi connectivity index (χ2n) is 6.29. The number of sulfonamides is 1. The molecule has 0 spiro atoms. The van der Waals surface area contributed by atoms with Crippen molar-refractivity contribution in [2.24, 2.45) is 0 Å². The van der Waals surface area contributed by atoms with Gasteiger partial charge in [0.25, 0.3) is 0 Å². The molecular weight excluding hydrogens is 425 g/mol. The number of fused-ring (bicyclic) bond motifs is 1. The molecule has 1 heterocycles. The van der Waals surface area contributed by atoms with E-state index in [-0.39, 0.29) is 28.1 Å². The van der Waals surface area contributed by atoms with Gasteiger partial charge in [-0.25, -0.2) is 4.72 Å². The van der Waals surface area contributed by atoms with E-state index in [0.29, 0.717) is 42.2 Å². The summed E-state index contributed by atoms with van der Waals surface area (Å²) in [6.07, 6.45) is 1.19. The summed E-state index contributed by atoms with van der Waals surface area (Å²) in [5.74, 6) is -0.113. The van der Waals surface area contributed by atoms with Gasteiger partial charge in [0.2, 0.25) is 10.8 Å².